The van der Waals surface area contributed by atoms with E-state index in [1.807, 2.05) is 0 Å². The van der Waals surface area contributed by atoms with Gasteiger partial charge in [-0.2, -0.15) is 17.6 Å². The van der Waals surface area contributed by atoms with E-state index in [9.17, 15) is 17.6 Å². The monoisotopic (exact) mass is 266 g/mol. The molecule has 0 aliphatic carbocycles. The number of rotatable bonds is 4. The zero-order chi connectivity index (χ0) is 13.9. The van der Waals surface area contributed by atoms with Crippen molar-refractivity contribution >= 4 is 0 Å². The fraction of sp³-hybridized carbons (Fsp3) is 0.500. The first-order valence-corrected chi connectivity index (χ1v) is 5.25. The molecule has 0 bridgehead atoms. The van der Waals surface area contributed by atoms with Gasteiger partial charge in [-0.1, -0.05) is 26.8 Å². The molecule has 0 saturated heterocycles. The average Bonchev–Trinajstić information content (AvgIpc) is 2.13. The summed E-state index contributed by atoms with van der Waals surface area (Å²) < 4.78 is 57.8. The summed E-state index contributed by atoms with van der Waals surface area (Å²) in [5.41, 5.74) is -0.485. The lowest BCUT2D eigenvalue weighted by Crippen LogP contribution is -2.18. The van der Waals surface area contributed by atoms with Crippen molar-refractivity contribution in [2.24, 2.45) is 0 Å². The molecule has 0 unspecified atom stereocenters. The molecule has 0 heterocycles. The van der Waals surface area contributed by atoms with Crippen molar-refractivity contribution in [3.05, 3.63) is 23.8 Å². The van der Waals surface area contributed by atoms with E-state index in [2.05, 4.69) is 9.47 Å². The Bertz CT molecular complexity index is 371. The summed E-state index contributed by atoms with van der Waals surface area (Å²) in [5.74, 6) is -0.314. The summed E-state index contributed by atoms with van der Waals surface area (Å²) in [7, 11) is 0. The Balaban J connectivity index is 3.26. The largest absolute Gasteiger partial charge is 0.434 e. The van der Waals surface area contributed by atoms with Crippen LogP contribution in [0.5, 0.6) is 11.5 Å². The van der Waals surface area contributed by atoms with Gasteiger partial charge in [0.1, 0.15) is 11.5 Å². The minimum Gasteiger partial charge on any atom is -0.434 e. The van der Waals surface area contributed by atoms with Crippen LogP contribution in [0.2, 0.25) is 0 Å². The van der Waals surface area contributed by atoms with Crippen molar-refractivity contribution < 1.29 is 27.0 Å². The highest BCUT2D eigenvalue weighted by atomic mass is 19.3. The lowest BCUT2D eigenvalue weighted by atomic mass is 9.85. The Morgan fingerprint density at radius 2 is 1.28 bits per heavy atom. The maximum absolute atomic E-state index is 12.3. The zero-order valence-electron chi connectivity index (χ0n) is 10.2. The molecular formula is C12H14F4O2. The molecular weight excluding hydrogens is 252 g/mol. The van der Waals surface area contributed by atoms with Gasteiger partial charge in [0, 0.05) is 5.56 Å². The molecule has 0 saturated carbocycles. The van der Waals surface area contributed by atoms with Gasteiger partial charge in [0.05, 0.1) is 0 Å². The van der Waals surface area contributed by atoms with Crippen molar-refractivity contribution in [2.75, 3.05) is 0 Å². The second-order valence-electron chi connectivity index (χ2n) is 4.64. The molecule has 0 radical (unpaired) electrons. The zero-order valence-corrected chi connectivity index (χ0v) is 10.2. The summed E-state index contributed by atoms with van der Waals surface area (Å²) in [6, 6.07) is 3.92. The van der Waals surface area contributed by atoms with Crippen molar-refractivity contribution in [3.63, 3.8) is 0 Å². The van der Waals surface area contributed by atoms with Crippen LogP contribution in [0.3, 0.4) is 0 Å². The summed E-state index contributed by atoms with van der Waals surface area (Å²) in [5, 5.41) is 0. The molecule has 0 aromatic heterocycles. The van der Waals surface area contributed by atoms with E-state index in [1.165, 1.54) is 18.2 Å². The van der Waals surface area contributed by atoms with Crippen LogP contribution in [0, 0.1) is 0 Å². The van der Waals surface area contributed by atoms with Gasteiger partial charge >= 0.3 is 13.2 Å². The van der Waals surface area contributed by atoms with Crippen LogP contribution in [0.25, 0.3) is 0 Å². The van der Waals surface area contributed by atoms with E-state index in [4.69, 9.17) is 0 Å². The quantitative estimate of drug-likeness (QED) is 0.761. The third kappa shape index (κ3) is 3.78. The molecule has 18 heavy (non-hydrogen) atoms. The minimum absolute atomic E-state index is 0.157. The molecule has 0 atom stereocenters. The Morgan fingerprint density at radius 3 is 1.56 bits per heavy atom. The Kier molecular flexibility index (Phi) is 4.43. The molecule has 0 spiro atoms. The van der Waals surface area contributed by atoms with Crippen molar-refractivity contribution in [1.29, 1.82) is 0 Å². The third-order valence-corrected chi connectivity index (χ3v) is 2.17. The van der Waals surface area contributed by atoms with Crippen molar-refractivity contribution in [3.8, 4) is 11.5 Å². The van der Waals surface area contributed by atoms with E-state index in [0.29, 0.717) is 0 Å². The molecule has 102 valence electrons. The first kappa shape index (κ1) is 14.6. The molecule has 0 aliphatic heterocycles. The molecule has 6 heteroatoms. The molecule has 0 aliphatic rings. The fourth-order valence-electron chi connectivity index (χ4n) is 1.64. The van der Waals surface area contributed by atoms with Crippen LogP contribution in [0.4, 0.5) is 17.6 Å². The predicted molar refractivity (Wildman–Crippen MR) is 58.4 cm³/mol. The van der Waals surface area contributed by atoms with E-state index in [0.717, 1.165) is 0 Å². The smallest absolute Gasteiger partial charge is 0.387 e. The second kappa shape index (κ2) is 5.46. The maximum Gasteiger partial charge on any atom is 0.387 e. The van der Waals surface area contributed by atoms with Crippen LogP contribution < -0.4 is 9.47 Å². The first-order valence-electron chi connectivity index (χ1n) is 5.25. The van der Waals surface area contributed by atoms with E-state index in [-0.39, 0.29) is 17.1 Å². The van der Waals surface area contributed by atoms with Crippen molar-refractivity contribution in [2.45, 2.75) is 39.4 Å². The SMILES string of the molecule is CC(C)(C)c1c(OC(F)F)cccc1OC(F)F. The van der Waals surface area contributed by atoms with Crippen LogP contribution in [0.15, 0.2) is 18.2 Å². The van der Waals surface area contributed by atoms with Crippen LogP contribution in [-0.2, 0) is 5.41 Å². The first-order chi connectivity index (χ1) is 8.21. The number of hydrogen-bond acceptors (Lipinski definition) is 2. The van der Waals surface area contributed by atoms with Gasteiger partial charge in [0.15, 0.2) is 0 Å². The lowest BCUT2D eigenvalue weighted by Gasteiger charge is -2.25. The summed E-state index contributed by atoms with van der Waals surface area (Å²) in [6.45, 7) is -0.961. The topological polar surface area (TPSA) is 18.5 Å². The minimum atomic E-state index is -3.02. The predicted octanol–water partition coefficient (Wildman–Crippen LogP) is 4.19. The molecule has 0 N–H and O–H groups in total. The molecule has 0 fully saturated rings. The number of ether oxygens (including phenoxy) is 2. The van der Waals surface area contributed by atoms with Gasteiger partial charge in [-0.3, -0.25) is 0 Å². The number of halogens is 4. The van der Waals surface area contributed by atoms with Gasteiger partial charge in [0.25, 0.3) is 0 Å². The summed E-state index contributed by atoms with van der Waals surface area (Å²) in [6.07, 6.45) is 0. The van der Waals surface area contributed by atoms with E-state index in [1.54, 1.807) is 20.8 Å². The second-order valence-corrected chi connectivity index (χ2v) is 4.64. The lowest BCUT2D eigenvalue weighted by molar-refractivity contribution is -0.0562. The number of alkyl halides is 4. The standard InChI is InChI=1S/C12H14F4O2/c1-12(2,3)9-7(17-10(13)14)5-4-6-8(9)18-11(15)16/h4-6,10-11H,1-3H3. The summed E-state index contributed by atoms with van der Waals surface area (Å²) in [4.78, 5) is 0. The van der Waals surface area contributed by atoms with Crippen LogP contribution >= 0.6 is 0 Å². The molecule has 1 rings (SSSR count). The Hall–Kier alpha value is -1.46. The molecule has 2 nitrogen and oxygen atoms in total. The van der Waals surface area contributed by atoms with Gasteiger partial charge in [-0.15, -0.1) is 0 Å². The van der Waals surface area contributed by atoms with E-state index >= 15 is 0 Å². The normalized spacial score (nSPS) is 12.1. The third-order valence-electron chi connectivity index (χ3n) is 2.17. The molecule has 1 aromatic rings. The maximum atomic E-state index is 12.3. The van der Waals surface area contributed by atoms with Gasteiger partial charge in [-0.25, -0.2) is 0 Å². The molecule has 0 amide bonds. The van der Waals surface area contributed by atoms with Crippen LogP contribution in [-0.4, -0.2) is 13.2 Å². The van der Waals surface area contributed by atoms with Gasteiger partial charge < -0.3 is 9.47 Å². The Labute approximate surface area is 103 Å². The average molecular weight is 266 g/mol. The fourth-order valence-corrected chi connectivity index (χ4v) is 1.64. The Morgan fingerprint density at radius 1 is 0.889 bits per heavy atom. The van der Waals surface area contributed by atoms with Crippen molar-refractivity contribution in [1.82, 2.24) is 0 Å². The number of benzene rings is 1. The number of hydrogen-bond donors (Lipinski definition) is 0. The highest BCUT2D eigenvalue weighted by molar-refractivity contribution is 5.49. The van der Waals surface area contributed by atoms with E-state index < -0.39 is 18.6 Å². The van der Waals surface area contributed by atoms with Gasteiger partial charge in [-0.05, 0) is 17.5 Å². The molecule has 1 aromatic carbocycles. The van der Waals surface area contributed by atoms with Gasteiger partial charge in [0.2, 0.25) is 0 Å². The highest BCUT2D eigenvalue weighted by Gasteiger charge is 2.26. The highest BCUT2D eigenvalue weighted by Crippen LogP contribution is 2.39. The summed E-state index contributed by atoms with van der Waals surface area (Å²) >= 11 is 0. The van der Waals surface area contributed by atoms with Crippen LogP contribution in [0.1, 0.15) is 26.3 Å².